The van der Waals surface area contributed by atoms with Crippen LogP contribution in [-0.4, -0.2) is 0 Å². The third-order valence-corrected chi connectivity index (χ3v) is 2.69. The van der Waals surface area contributed by atoms with E-state index in [0.29, 0.717) is 5.92 Å². The lowest BCUT2D eigenvalue weighted by molar-refractivity contribution is 0.659. The molecular weight excluding hydrogens is 288 g/mol. The highest BCUT2D eigenvalue weighted by Crippen LogP contribution is 2.17. The van der Waals surface area contributed by atoms with E-state index in [2.05, 4.69) is 58.5 Å². The molecule has 1 nitrogen and oxygen atoms in total. The summed E-state index contributed by atoms with van der Waals surface area (Å²) in [6.45, 7) is 18.3. The lowest BCUT2D eigenvalue weighted by atomic mass is 10.1. The number of hydrogen-bond acceptors (Lipinski definition) is 2. The molecule has 0 saturated heterocycles. The van der Waals surface area contributed by atoms with Crippen LogP contribution in [0.4, 0.5) is 0 Å². The minimum Gasteiger partial charge on any atom is -0.429 e. The van der Waals surface area contributed by atoms with Gasteiger partial charge in [0.05, 0.1) is 0 Å². The van der Waals surface area contributed by atoms with Gasteiger partial charge >= 0.3 is 0 Å². The van der Waals surface area contributed by atoms with E-state index in [-0.39, 0.29) is 0 Å². The zero-order valence-corrected chi connectivity index (χ0v) is 16.1. The van der Waals surface area contributed by atoms with Gasteiger partial charge < -0.3 is 4.18 Å². The van der Waals surface area contributed by atoms with Gasteiger partial charge in [-0.15, -0.1) is 0 Å². The summed E-state index contributed by atoms with van der Waals surface area (Å²) in [5.74, 6) is 1.42. The summed E-state index contributed by atoms with van der Waals surface area (Å²) in [7, 11) is 0. The SMILES string of the molecule is C/C=C\C(C)=C/C(C)C.C=C(C)c1ccc(OS)cc1.CC. The van der Waals surface area contributed by atoms with Gasteiger partial charge in [0.2, 0.25) is 0 Å². The molecule has 0 spiro atoms. The van der Waals surface area contributed by atoms with Crippen LogP contribution in [0.2, 0.25) is 0 Å². The van der Waals surface area contributed by atoms with Gasteiger partial charge in [0, 0.05) is 12.9 Å². The van der Waals surface area contributed by atoms with Crippen LogP contribution >= 0.6 is 12.9 Å². The normalized spacial score (nSPS) is 10.5. The summed E-state index contributed by atoms with van der Waals surface area (Å²) < 4.78 is 4.71. The van der Waals surface area contributed by atoms with Crippen molar-refractivity contribution in [3.05, 3.63) is 60.2 Å². The second kappa shape index (κ2) is 14.5. The number of hydrogen-bond donors (Lipinski definition) is 1. The third-order valence-electron chi connectivity index (χ3n) is 2.48. The van der Waals surface area contributed by atoms with E-state index in [9.17, 15) is 0 Å². The Morgan fingerprint density at radius 2 is 1.64 bits per heavy atom. The fraction of sp³-hybridized carbons (Fsp3) is 0.400. The monoisotopic (exact) mass is 320 g/mol. The van der Waals surface area contributed by atoms with Crippen molar-refractivity contribution >= 4 is 18.5 Å². The molecule has 0 aliphatic carbocycles. The maximum atomic E-state index is 4.71. The number of thiol groups is 1. The van der Waals surface area contributed by atoms with E-state index in [1.165, 1.54) is 5.57 Å². The van der Waals surface area contributed by atoms with Gasteiger partial charge in [0.25, 0.3) is 0 Å². The molecule has 1 rings (SSSR count). The van der Waals surface area contributed by atoms with Crippen molar-refractivity contribution in [3.63, 3.8) is 0 Å². The third kappa shape index (κ3) is 12.3. The molecule has 0 N–H and O–H groups in total. The minimum absolute atomic E-state index is 0.668. The molecule has 0 aromatic heterocycles. The van der Waals surface area contributed by atoms with Gasteiger partial charge in [-0.3, -0.25) is 0 Å². The highest BCUT2D eigenvalue weighted by atomic mass is 32.1. The molecule has 22 heavy (non-hydrogen) atoms. The molecule has 0 unspecified atom stereocenters. The van der Waals surface area contributed by atoms with Gasteiger partial charge in [-0.1, -0.05) is 75.8 Å². The first-order valence-corrected chi connectivity index (χ1v) is 8.15. The Hall–Kier alpha value is -1.41. The van der Waals surface area contributed by atoms with Crippen molar-refractivity contribution < 1.29 is 4.18 Å². The highest BCUT2D eigenvalue weighted by molar-refractivity contribution is 7.75. The Bertz CT molecular complexity index is 453. The van der Waals surface area contributed by atoms with Crippen molar-refractivity contribution in [3.8, 4) is 5.75 Å². The highest BCUT2D eigenvalue weighted by Gasteiger charge is 1.93. The van der Waals surface area contributed by atoms with Crippen LogP contribution in [-0.2, 0) is 0 Å². The van der Waals surface area contributed by atoms with E-state index in [0.717, 1.165) is 16.9 Å². The quantitative estimate of drug-likeness (QED) is 0.352. The molecule has 2 heteroatoms. The van der Waals surface area contributed by atoms with Gasteiger partial charge in [-0.25, -0.2) is 0 Å². The predicted molar refractivity (Wildman–Crippen MR) is 106 cm³/mol. The molecule has 0 saturated carbocycles. The van der Waals surface area contributed by atoms with Crippen LogP contribution < -0.4 is 4.18 Å². The molecule has 0 radical (unpaired) electrons. The first kappa shape index (κ1) is 22.9. The zero-order valence-electron chi connectivity index (χ0n) is 15.2. The van der Waals surface area contributed by atoms with E-state index in [1.807, 2.05) is 52.0 Å². The fourth-order valence-corrected chi connectivity index (χ4v) is 1.77. The van der Waals surface area contributed by atoms with Gasteiger partial charge in [0.15, 0.2) is 0 Å². The Morgan fingerprint density at radius 1 is 1.14 bits per heavy atom. The van der Waals surface area contributed by atoms with Crippen molar-refractivity contribution in [2.24, 2.45) is 5.92 Å². The van der Waals surface area contributed by atoms with E-state index in [1.54, 1.807) is 0 Å². The molecule has 1 aromatic carbocycles. The maximum Gasteiger partial charge on any atom is 0.137 e. The second-order valence-electron chi connectivity index (χ2n) is 5.05. The van der Waals surface area contributed by atoms with Gasteiger partial charge in [-0.2, -0.15) is 0 Å². The van der Waals surface area contributed by atoms with Gasteiger partial charge in [-0.05, 0) is 44.4 Å². The van der Waals surface area contributed by atoms with Crippen LogP contribution in [0.15, 0.2) is 54.6 Å². The second-order valence-corrected chi connectivity index (χ2v) is 5.23. The average Bonchev–Trinajstić information content (AvgIpc) is 2.49. The first-order valence-electron chi connectivity index (χ1n) is 7.79. The average molecular weight is 321 g/mol. The van der Waals surface area contributed by atoms with E-state index in [4.69, 9.17) is 4.18 Å². The Labute approximate surface area is 143 Å². The minimum atomic E-state index is 0.668. The zero-order chi connectivity index (χ0) is 17.5. The topological polar surface area (TPSA) is 9.23 Å². The summed E-state index contributed by atoms with van der Waals surface area (Å²) in [6, 6.07) is 7.62. The van der Waals surface area contributed by atoms with E-state index >= 15 is 0 Å². The number of benzene rings is 1. The lowest BCUT2D eigenvalue weighted by Crippen LogP contribution is -1.79. The summed E-state index contributed by atoms with van der Waals surface area (Å²) in [6.07, 6.45) is 6.44. The van der Waals surface area contributed by atoms with Crippen LogP contribution in [0.5, 0.6) is 5.75 Å². The van der Waals surface area contributed by atoms with Crippen molar-refractivity contribution in [2.75, 3.05) is 0 Å². The van der Waals surface area contributed by atoms with Crippen LogP contribution in [0, 0.1) is 5.92 Å². The van der Waals surface area contributed by atoms with Crippen LogP contribution in [0.3, 0.4) is 0 Å². The van der Waals surface area contributed by atoms with Crippen molar-refractivity contribution in [2.45, 2.75) is 48.5 Å². The molecule has 0 heterocycles. The Balaban J connectivity index is 0. The molecule has 1 aromatic rings. The molecule has 0 fully saturated rings. The first-order chi connectivity index (χ1) is 10.4. The summed E-state index contributed by atoms with van der Waals surface area (Å²) in [5, 5.41) is 0. The molecule has 0 aliphatic heterocycles. The van der Waals surface area contributed by atoms with Crippen molar-refractivity contribution in [1.82, 2.24) is 0 Å². The molecule has 124 valence electrons. The molecule has 0 amide bonds. The summed E-state index contributed by atoms with van der Waals surface area (Å²) in [5.41, 5.74) is 3.53. The Kier molecular flexibility index (Phi) is 15.1. The standard InChI is InChI=1S/C9H10OS.C9H16.C2H6/c1-7(2)8-3-5-9(10-11)6-4-8;1-5-6-9(4)7-8(2)3;1-2/h3-6,11H,1H2,2H3;5-8H,1-4H3;1-2H3/b;6-5-,9-7-;. The molecule has 0 bridgehead atoms. The molecule has 0 aliphatic rings. The maximum absolute atomic E-state index is 4.71. The number of rotatable bonds is 4. The molecule has 0 atom stereocenters. The number of allylic oxidation sites excluding steroid dienone is 5. The largest absolute Gasteiger partial charge is 0.429 e. The smallest absolute Gasteiger partial charge is 0.137 e. The van der Waals surface area contributed by atoms with Crippen molar-refractivity contribution in [1.29, 1.82) is 0 Å². The Morgan fingerprint density at radius 3 is 1.95 bits per heavy atom. The predicted octanol–water partition coefficient (Wildman–Crippen LogP) is 7.13. The summed E-state index contributed by atoms with van der Waals surface area (Å²) >= 11 is 3.67. The molecular formula is C20H32OS. The lowest BCUT2D eigenvalue weighted by Gasteiger charge is -2.00. The van der Waals surface area contributed by atoms with E-state index < -0.39 is 0 Å². The van der Waals surface area contributed by atoms with Crippen LogP contribution in [0.25, 0.3) is 5.57 Å². The fourth-order valence-electron chi connectivity index (χ4n) is 1.64. The summed E-state index contributed by atoms with van der Waals surface area (Å²) in [4.78, 5) is 0. The van der Waals surface area contributed by atoms with Gasteiger partial charge in [0.1, 0.15) is 5.75 Å². The van der Waals surface area contributed by atoms with Crippen LogP contribution in [0.1, 0.15) is 54.0 Å².